The first-order valence-electron chi connectivity index (χ1n) is 10.7. The van der Waals surface area contributed by atoms with Gasteiger partial charge in [-0.3, -0.25) is 14.5 Å². The Morgan fingerprint density at radius 3 is 2.79 bits per heavy atom. The number of fused-ring (bicyclic) bond motifs is 2. The number of nitrogens with two attached hydrogens (primary N) is 1. The SMILES string of the molecule is Cc1ccncc1-c1cc2cc(Nc3cc4n(n3)CC(=O)N(C)C[C@H]4C)ncc2c(N)c1F. The number of benzene rings is 1. The van der Waals surface area contributed by atoms with Crippen LogP contribution in [-0.2, 0) is 11.3 Å². The van der Waals surface area contributed by atoms with E-state index in [2.05, 4.69) is 27.3 Å². The fraction of sp³-hybridized carbons (Fsp3) is 0.250. The fourth-order valence-corrected chi connectivity index (χ4v) is 4.31. The number of nitrogens with one attached hydrogen (secondary N) is 1. The van der Waals surface area contributed by atoms with Crippen molar-refractivity contribution in [1.82, 2.24) is 24.6 Å². The minimum atomic E-state index is -0.484. The summed E-state index contributed by atoms with van der Waals surface area (Å²) in [6.45, 7) is 4.81. The third-order valence-corrected chi connectivity index (χ3v) is 6.16. The quantitative estimate of drug-likeness (QED) is 0.465. The minimum Gasteiger partial charge on any atom is -0.396 e. The van der Waals surface area contributed by atoms with Gasteiger partial charge in [0.05, 0.1) is 5.69 Å². The van der Waals surface area contributed by atoms with E-state index in [4.69, 9.17) is 5.73 Å². The number of nitrogens with zero attached hydrogens (tertiary/aromatic N) is 5. The van der Waals surface area contributed by atoms with E-state index in [9.17, 15) is 4.79 Å². The Labute approximate surface area is 190 Å². The monoisotopic (exact) mass is 445 g/mol. The van der Waals surface area contributed by atoms with Crippen molar-refractivity contribution < 1.29 is 9.18 Å². The van der Waals surface area contributed by atoms with Gasteiger partial charge in [-0.05, 0) is 36.1 Å². The lowest BCUT2D eigenvalue weighted by Gasteiger charge is -2.16. The molecule has 0 aliphatic carbocycles. The van der Waals surface area contributed by atoms with Crippen molar-refractivity contribution in [3.63, 3.8) is 0 Å². The normalized spacial score (nSPS) is 16.1. The van der Waals surface area contributed by atoms with Crippen LogP contribution in [0.3, 0.4) is 0 Å². The van der Waals surface area contributed by atoms with Crippen LogP contribution in [-0.4, -0.2) is 44.1 Å². The summed E-state index contributed by atoms with van der Waals surface area (Å²) in [5.74, 6) is 0.839. The van der Waals surface area contributed by atoms with Crippen LogP contribution in [0.2, 0.25) is 0 Å². The molecule has 168 valence electrons. The predicted molar refractivity (Wildman–Crippen MR) is 126 cm³/mol. The lowest BCUT2D eigenvalue weighted by Crippen LogP contribution is -2.29. The molecule has 0 bridgehead atoms. The molecule has 5 rings (SSSR count). The van der Waals surface area contributed by atoms with E-state index in [1.165, 1.54) is 0 Å². The zero-order valence-corrected chi connectivity index (χ0v) is 18.6. The summed E-state index contributed by atoms with van der Waals surface area (Å²) in [7, 11) is 1.80. The molecule has 1 aliphatic rings. The fourth-order valence-electron chi connectivity index (χ4n) is 4.31. The van der Waals surface area contributed by atoms with Crippen LogP contribution in [0.4, 0.5) is 21.7 Å². The molecule has 1 atom stereocenters. The molecule has 0 fully saturated rings. The average molecular weight is 446 g/mol. The van der Waals surface area contributed by atoms with Gasteiger partial charge >= 0.3 is 0 Å². The standard InChI is InChI=1S/C24H24FN7O/c1-13-4-5-27-9-17(13)16-6-15-7-20(28-10-18(15)24(26)23(16)25)29-21-8-19-14(2)11-31(3)22(33)12-32(19)30-21/h4-10,14H,11-12,26H2,1-3H3,(H,28,29,30)/t14-/m1/s1. The third kappa shape index (κ3) is 3.65. The van der Waals surface area contributed by atoms with E-state index < -0.39 is 5.82 Å². The topological polar surface area (TPSA) is 102 Å². The molecule has 0 spiro atoms. The highest BCUT2D eigenvalue weighted by Gasteiger charge is 2.24. The molecule has 1 aliphatic heterocycles. The summed E-state index contributed by atoms with van der Waals surface area (Å²) in [6.07, 6.45) is 4.86. The van der Waals surface area contributed by atoms with E-state index in [0.29, 0.717) is 34.7 Å². The molecule has 0 saturated carbocycles. The van der Waals surface area contributed by atoms with Gasteiger partial charge in [-0.25, -0.2) is 9.37 Å². The average Bonchev–Trinajstić information content (AvgIpc) is 3.14. The van der Waals surface area contributed by atoms with Crippen LogP contribution in [0.25, 0.3) is 21.9 Å². The molecule has 3 N–H and O–H groups in total. The smallest absolute Gasteiger partial charge is 0.244 e. The number of nitrogen functional groups attached to an aromatic ring is 1. The molecule has 0 saturated heterocycles. The van der Waals surface area contributed by atoms with Crippen molar-refractivity contribution in [2.75, 3.05) is 24.6 Å². The molecule has 33 heavy (non-hydrogen) atoms. The van der Waals surface area contributed by atoms with Gasteiger partial charge in [-0.15, -0.1) is 0 Å². The van der Waals surface area contributed by atoms with Gasteiger partial charge in [-0.1, -0.05) is 6.92 Å². The maximum Gasteiger partial charge on any atom is 0.244 e. The number of hydrogen-bond acceptors (Lipinski definition) is 6. The Morgan fingerprint density at radius 2 is 2.00 bits per heavy atom. The summed E-state index contributed by atoms with van der Waals surface area (Å²) >= 11 is 0. The molecule has 1 aromatic carbocycles. The first-order valence-corrected chi connectivity index (χ1v) is 10.7. The Hall–Kier alpha value is -4.01. The second kappa shape index (κ2) is 7.84. The number of amides is 1. The molecule has 1 amide bonds. The highest BCUT2D eigenvalue weighted by Crippen LogP contribution is 2.35. The summed E-state index contributed by atoms with van der Waals surface area (Å²) in [6, 6.07) is 7.34. The Morgan fingerprint density at radius 1 is 1.18 bits per heavy atom. The molecule has 9 heteroatoms. The van der Waals surface area contributed by atoms with Crippen molar-refractivity contribution in [3.8, 4) is 11.1 Å². The van der Waals surface area contributed by atoms with Crippen molar-refractivity contribution in [3.05, 3.63) is 59.9 Å². The van der Waals surface area contributed by atoms with Gasteiger partial charge in [0.15, 0.2) is 11.6 Å². The minimum absolute atomic E-state index is 0.0230. The highest BCUT2D eigenvalue weighted by atomic mass is 19.1. The number of anilines is 3. The first-order chi connectivity index (χ1) is 15.8. The van der Waals surface area contributed by atoms with Crippen molar-refractivity contribution in [2.45, 2.75) is 26.3 Å². The van der Waals surface area contributed by atoms with E-state index in [1.54, 1.807) is 41.3 Å². The molecule has 0 radical (unpaired) electrons. The first kappa shape index (κ1) is 20.9. The Bertz CT molecular complexity index is 1400. The van der Waals surface area contributed by atoms with Crippen LogP contribution >= 0.6 is 0 Å². The number of hydrogen-bond donors (Lipinski definition) is 2. The number of carbonyl (C=O) groups is 1. The summed E-state index contributed by atoms with van der Waals surface area (Å²) in [5, 5.41) is 9.04. The Kier molecular flexibility index (Phi) is 4.96. The molecule has 8 nitrogen and oxygen atoms in total. The number of pyridine rings is 2. The van der Waals surface area contributed by atoms with E-state index in [-0.39, 0.29) is 24.1 Å². The molecule has 4 aromatic rings. The second-order valence-corrected chi connectivity index (χ2v) is 8.55. The number of aryl methyl sites for hydroxylation is 1. The van der Waals surface area contributed by atoms with Crippen LogP contribution in [0.1, 0.15) is 24.1 Å². The number of likely N-dealkylation sites (N-methyl/N-ethyl adjacent to an activating group) is 1. The molecular weight excluding hydrogens is 421 g/mol. The maximum atomic E-state index is 15.1. The number of rotatable bonds is 3. The van der Waals surface area contributed by atoms with Crippen LogP contribution in [0.15, 0.2) is 42.9 Å². The molecule has 4 heterocycles. The van der Waals surface area contributed by atoms with Gasteiger partial charge in [0.1, 0.15) is 12.4 Å². The third-order valence-electron chi connectivity index (χ3n) is 6.16. The largest absolute Gasteiger partial charge is 0.396 e. The number of aromatic nitrogens is 4. The van der Waals surface area contributed by atoms with E-state index in [0.717, 1.165) is 16.6 Å². The second-order valence-electron chi connectivity index (χ2n) is 8.55. The van der Waals surface area contributed by atoms with E-state index in [1.807, 2.05) is 25.1 Å². The lowest BCUT2D eigenvalue weighted by atomic mass is 9.98. The van der Waals surface area contributed by atoms with Gasteiger partial charge in [0.25, 0.3) is 0 Å². The highest BCUT2D eigenvalue weighted by molar-refractivity contribution is 5.98. The van der Waals surface area contributed by atoms with Crippen molar-refractivity contribution in [2.24, 2.45) is 0 Å². The number of halogens is 1. The predicted octanol–water partition coefficient (Wildman–Crippen LogP) is 3.84. The summed E-state index contributed by atoms with van der Waals surface area (Å²) in [5.41, 5.74) is 9.15. The summed E-state index contributed by atoms with van der Waals surface area (Å²) in [4.78, 5) is 22.5. The van der Waals surface area contributed by atoms with Crippen LogP contribution in [0.5, 0.6) is 0 Å². The zero-order valence-electron chi connectivity index (χ0n) is 18.6. The van der Waals surface area contributed by atoms with Gasteiger partial charge < -0.3 is 16.0 Å². The van der Waals surface area contributed by atoms with Crippen LogP contribution in [0, 0.1) is 12.7 Å². The van der Waals surface area contributed by atoms with Crippen LogP contribution < -0.4 is 11.1 Å². The zero-order chi connectivity index (χ0) is 23.3. The number of carbonyl (C=O) groups excluding carboxylic acids is 1. The Balaban J connectivity index is 1.52. The van der Waals surface area contributed by atoms with E-state index >= 15 is 4.39 Å². The molecule has 0 unspecified atom stereocenters. The maximum absolute atomic E-state index is 15.1. The summed E-state index contributed by atoms with van der Waals surface area (Å²) < 4.78 is 16.8. The van der Waals surface area contributed by atoms with Crippen molar-refractivity contribution >= 4 is 34.0 Å². The molecule has 3 aromatic heterocycles. The molecular formula is C24H24FN7O. The van der Waals surface area contributed by atoms with Gasteiger partial charge in [0.2, 0.25) is 5.91 Å². The van der Waals surface area contributed by atoms with Gasteiger partial charge in [0, 0.05) is 66.4 Å². The lowest BCUT2D eigenvalue weighted by molar-refractivity contribution is -0.130. The van der Waals surface area contributed by atoms with Gasteiger partial charge in [-0.2, -0.15) is 5.10 Å². The van der Waals surface area contributed by atoms with Crippen molar-refractivity contribution in [1.29, 1.82) is 0 Å².